The van der Waals surface area contributed by atoms with Crippen molar-refractivity contribution in [3.8, 4) is 5.69 Å². The number of hydrogen-bond donors (Lipinski definition) is 2. The van der Waals surface area contributed by atoms with Crippen molar-refractivity contribution in [3.05, 3.63) is 82.7 Å². The predicted octanol–water partition coefficient (Wildman–Crippen LogP) is 3.64. The molecular weight excluding hydrogens is 423 g/mol. The van der Waals surface area contributed by atoms with E-state index in [1.807, 2.05) is 0 Å². The first-order chi connectivity index (χ1) is 15.4. The summed E-state index contributed by atoms with van der Waals surface area (Å²) in [5.74, 6) is -2.14. The SMILES string of the molecule is C[C@@H](Nc1ncnc2nc[nH]c12)c1nc2cccc(F)c2c(=O)n1-c1ccc(F)cc1F. The van der Waals surface area contributed by atoms with Crippen LogP contribution in [0.5, 0.6) is 0 Å². The minimum absolute atomic E-state index is 0.0740. The molecule has 1 atom stereocenters. The maximum Gasteiger partial charge on any atom is 0.269 e. The van der Waals surface area contributed by atoms with Gasteiger partial charge in [0.05, 0.1) is 23.6 Å². The first kappa shape index (κ1) is 19.7. The van der Waals surface area contributed by atoms with E-state index in [0.29, 0.717) is 23.0 Å². The van der Waals surface area contributed by atoms with Gasteiger partial charge in [-0.3, -0.25) is 9.36 Å². The Morgan fingerprint density at radius 2 is 1.91 bits per heavy atom. The van der Waals surface area contributed by atoms with Crippen LogP contribution in [-0.4, -0.2) is 29.5 Å². The van der Waals surface area contributed by atoms with Crippen molar-refractivity contribution in [3.63, 3.8) is 0 Å². The Bertz CT molecular complexity index is 1550. The van der Waals surface area contributed by atoms with Crippen LogP contribution in [0.1, 0.15) is 18.8 Å². The lowest BCUT2D eigenvalue weighted by Gasteiger charge is -2.20. The molecule has 3 heterocycles. The highest BCUT2D eigenvalue weighted by molar-refractivity contribution is 5.82. The van der Waals surface area contributed by atoms with Gasteiger partial charge in [-0.05, 0) is 31.2 Å². The van der Waals surface area contributed by atoms with Gasteiger partial charge in [0.15, 0.2) is 11.5 Å². The topological polar surface area (TPSA) is 101 Å². The Hall–Kier alpha value is -4.28. The van der Waals surface area contributed by atoms with Gasteiger partial charge in [-0.15, -0.1) is 0 Å². The highest BCUT2D eigenvalue weighted by Crippen LogP contribution is 2.25. The third-order valence-corrected chi connectivity index (χ3v) is 4.99. The van der Waals surface area contributed by atoms with Crippen LogP contribution < -0.4 is 10.9 Å². The molecule has 0 aliphatic rings. The molecular formula is C21H14F3N7O. The minimum atomic E-state index is -0.990. The summed E-state index contributed by atoms with van der Waals surface area (Å²) in [5, 5.41) is 2.80. The van der Waals surface area contributed by atoms with E-state index in [1.54, 1.807) is 6.92 Å². The van der Waals surface area contributed by atoms with Crippen LogP contribution in [0.15, 0.2) is 53.8 Å². The van der Waals surface area contributed by atoms with Crippen LogP contribution in [0.4, 0.5) is 19.0 Å². The summed E-state index contributed by atoms with van der Waals surface area (Å²) in [7, 11) is 0. The third-order valence-electron chi connectivity index (χ3n) is 4.99. The number of H-pyrrole nitrogens is 1. The average molecular weight is 437 g/mol. The molecule has 0 bridgehead atoms. The van der Waals surface area contributed by atoms with E-state index in [9.17, 15) is 18.0 Å². The molecule has 0 spiro atoms. The number of nitrogens with zero attached hydrogens (tertiary/aromatic N) is 5. The number of fused-ring (bicyclic) bond motifs is 2. The van der Waals surface area contributed by atoms with Crippen LogP contribution in [0.3, 0.4) is 0 Å². The molecule has 0 unspecified atom stereocenters. The smallest absolute Gasteiger partial charge is 0.269 e. The van der Waals surface area contributed by atoms with Gasteiger partial charge in [-0.2, -0.15) is 0 Å². The summed E-state index contributed by atoms with van der Waals surface area (Å²) in [5.41, 5.74) is -0.0336. The van der Waals surface area contributed by atoms with Gasteiger partial charge in [-0.25, -0.2) is 33.1 Å². The quantitative estimate of drug-likeness (QED) is 0.445. The number of imidazole rings is 1. The molecule has 5 aromatic rings. The Balaban J connectivity index is 1.74. The van der Waals surface area contributed by atoms with Crippen LogP contribution in [0, 0.1) is 17.5 Å². The fourth-order valence-corrected chi connectivity index (χ4v) is 3.54. The summed E-state index contributed by atoms with van der Waals surface area (Å²) < 4.78 is 43.6. The number of rotatable bonds is 4. The van der Waals surface area contributed by atoms with E-state index < -0.39 is 29.1 Å². The van der Waals surface area contributed by atoms with Crippen molar-refractivity contribution in [1.82, 2.24) is 29.5 Å². The Morgan fingerprint density at radius 3 is 2.72 bits per heavy atom. The fourth-order valence-electron chi connectivity index (χ4n) is 3.54. The van der Waals surface area contributed by atoms with E-state index in [1.165, 1.54) is 24.8 Å². The van der Waals surface area contributed by atoms with Crippen molar-refractivity contribution in [2.75, 3.05) is 5.32 Å². The summed E-state index contributed by atoms with van der Waals surface area (Å²) in [4.78, 5) is 32.9. The molecule has 160 valence electrons. The monoisotopic (exact) mass is 437 g/mol. The number of benzene rings is 2. The molecule has 0 saturated carbocycles. The number of aromatic nitrogens is 6. The molecule has 3 aromatic heterocycles. The summed E-state index contributed by atoms with van der Waals surface area (Å²) in [6.07, 6.45) is 2.77. The molecule has 2 N–H and O–H groups in total. The standard InChI is InChI=1S/C21H14F3N7O/c1-10(29-19-17-18(26-8-25-17)27-9-28-19)20-30-14-4-2-3-12(23)16(14)21(32)31(20)15-6-5-11(22)7-13(15)24/h2-10H,1H3,(H2,25,26,27,28,29)/t10-/m1/s1. The maximum atomic E-state index is 14.7. The minimum Gasteiger partial charge on any atom is -0.358 e. The highest BCUT2D eigenvalue weighted by atomic mass is 19.1. The van der Waals surface area contributed by atoms with Gasteiger partial charge in [0.25, 0.3) is 5.56 Å². The third kappa shape index (κ3) is 3.14. The van der Waals surface area contributed by atoms with E-state index in [-0.39, 0.29) is 22.4 Å². The summed E-state index contributed by atoms with van der Waals surface area (Å²) in [6.45, 7) is 1.68. The first-order valence-electron chi connectivity index (χ1n) is 9.51. The second-order valence-electron chi connectivity index (χ2n) is 7.03. The van der Waals surface area contributed by atoms with Gasteiger partial charge >= 0.3 is 0 Å². The van der Waals surface area contributed by atoms with Crippen molar-refractivity contribution >= 4 is 27.9 Å². The highest BCUT2D eigenvalue weighted by Gasteiger charge is 2.22. The zero-order chi connectivity index (χ0) is 22.4. The van der Waals surface area contributed by atoms with E-state index in [2.05, 4.69) is 30.2 Å². The lowest BCUT2D eigenvalue weighted by Crippen LogP contribution is -2.28. The molecule has 2 aromatic carbocycles. The normalized spacial score (nSPS) is 12.4. The van der Waals surface area contributed by atoms with E-state index in [4.69, 9.17) is 0 Å². The molecule has 5 rings (SSSR count). The van der Waals surface area contributed by atoms with E-state index >= 15 is 0 Å². The van der Waals surface area contributed by atoms with Gasteiger partial charge in [0, 0.05) is 6.07 Å². The molecule has 8 nitrogen and oxygen atoms in total. The predicted molar refractivity (Wildman–Crippen MR) is 111 cm³/mol. The van der Waals surface area contributed by atoms with Gasteiger partial charge in [-0.1, -0.05) is 6.07 Å². The van der Waals surface area contributed by atoms with Gasteiger partial charge < -0.3 is 10.3 Å². The molecule has 32 heavy (non-hydrogen) atoms. The van der Waals surface area contributed by atoms with E-state index in [0.717, 1.165) is 22.8 Å². The second kappa shape index (κ2) is 7.45. The van der Waals surface area contributed by atoms with Gasteiger partial charge in [0.2, 0.25) is 0 Å². The molecule has 0 aliphatic heterocycles. The Labute approximate surface area is 177 Å². The largest absolute Gasteiger partial charge is 0.358 e. The van der Waals surface area contributed by atoms with Crippen molar-refractivity contribution in [1.29, 1.82) is 0 Å². The van der Waals surface area contributed by atoms with Crippen LogP contribution in [0.2, 0.25) is 0 Å². The summed E-state index contributed by atoms with van der Waals surface area (Å²) in [6, 6.07) is 6.08. The number of aromatic amines is 1. The summed E-state index contributed by atoms with van der Waals surface area (Å²) >= 11 is 0. The molecule has 0 radical (unpaired) electrons. The Morgan fingerprint density at radius 1 is 1.06 bits per heavy atom. The van der Waals surface area contributed by atoms with Crippen molar-refractivity contribution < 1.29 is 13.2 Å². The maximum absolute atomic E-state index is 14.7. The second-order valence-corrected chi connectivity index (χ2v) is 7.03. The Kier molecular flexibility index (Phi) is 4.58. The molecule has 0 saturated heterocycles. The number of halogens is 3. The molecule has 0 aliphatic carbocycles. The van der Waals surface area contributed by atoms with Crippen molar-refractivity contribution in [2.24, 2.45) is 0 Å². The molecule has 0 fully saturated rings. The van der Waals surface area contributed by atoms with Crippen LogP contribution in [0.25, 0.3) is 27.8 Å². The molecule has 11 heteroatoms. The van der Waals surface area contributed by atoms with Crippen LogP contribution in [-0.2, 0) is 0 Å². The van der Waals surface area contributed by atoms with Gasteiger partial charge in [0.1, 0.15) is 40.5 Å². The first-order valence-corrected chi connectivity index (χ1v) is 9.51. The lowest BCUT2D eigenvalue weighted by atomic mass is 10.2. The molecule has 0 amide bonds. The number of anilines is 1. The number of nitrogens with one attached hydrogen (secondary N) is 2. The lowest BCUT2D eigenvalue weighted by molar-refractivity contribution is 0.571. The zero-order valence-corrected chi connectivity index (χ0v) is 16.5. The van der Waals surface area contributed by atoms with Crippen LogP contribution >= 0.6 is 0 Å². The zero-order valence-electron chi connectivity index (χ0n) is 16.5. The number of hydrogen-bond acceptors (Lipinski definition) is 6. The fraction of sp³-hybridized carbons (Fsp3) is 0.0952. The van der Waals surface area contributed by atoms with Crippen molar-refractivity contribution in [2.45, 2.75) is 13.0 Å². The average Bonchev–Trinajstić information content (AvgIpc) is 3.24.